The predicted octanol–water partition coefficient (Wildman–Crippen LogP) is 5.96. The SMILES string of the molecule is COC(=O)N[C@H](C(=O)N1CCC[C@H]1c1ncc(-c2ccc3c(c2)oc2cc(-c4cnc([C@@H]5CCCN5C(=O)[C@@H](NC(=O)OC)C5CC5)[nH]4)ccc23)[nH]1)C1CC1. The molecule has 5 heterocycles. The number of nitrogens with one attached hydrogen (secondary N) is 4. The van der Waals surface area contributed by atoms with Crippen molar-refractivity contribution >= 4 is 45.9 Å². The minimum absolute atomic E-state index is 0.0922. The Morgan fingerprint density at radius 3 is 1.53 bits per heavy atom. The smallest absolute Gasteiger partial charge is 0.407 e. The van der Waals surface area contributed by atoms with Gasteiger partial charge in [-0.3, -0.25) is 9.59 Å². The van der Waals surface area contributed by atoms with Crippen LogP contribution in [0.2, 0.25) is 0 Å². The van der Waals surface area contributed by atoms with Gasteiger partial charge in [0, 0.05) is 35.0 Å². The van der Waals surface area contributed by atoms with Crippen molar-refractivity contribution in [1.82, 2.24) is 40.4 Å². The molecule has 2 saturated heterocycles. The number of likely N-dealkylation sites (tertiary alicyclic amines) is 2. The number of carbonyl (C=O) groups is 4. The summed E-state index contributed by atoms with van der Waals surface area (Å²) in [5.41, 5.74) is 4.91. The van der Waals surface area contributed by atoms with Crippen LogP contribution in [0.5, 0.6) is 0 Å². The molecule has 2 saturated carbocycles. The second kappa shape index (κ2) is 14.1. The maximum absolute atomic E-state index is 13.6. The number of alkyl carbamates (subject to hydrolysis) is 2. The zero-order chi connectivity index (χ0) is 37.8. The maximum atomic E-state index is 13.6. The topological polar surface area (TPSA) is 188 Å². The number of aromatic nitrogens is 4. The number of hydrogen-bond acceptors (Lipinski definition) is 9. The second-order valence-electron chi connectivity index (χ2n) is 15.2. The third-order valence-electron chi connectivity index (χ3n) is 11.6. The number of imidazole rings is 2. The molecule has 4 fully saturated rings. The quantitative estimate of drug-likeness (QED) is 0.134. The first-order chi connectivity index (χ1) is 26.8. The molecule has 2 aliphatic heterocycles. The van der Waals surface area contributed by atoms with Crippen molar-refractivity contribution in [3.8, 4) is 22.5 Å². The van der Waals surface area contributed by atoms with Gasteiger partial charge in [-0.25, -0.2) is 19.6 Å². The lowest BCUT2D eigenvalue weighted by Gasteiger charge is -2.28. The molecule has 3 aromatic heterocycles. The van der Waals surface area contributed by atoms with Gasteiger partial charge in [-0.1, -0.05) is 12.1 Å². The van der Waals surface area contributed by atoms with Gasteiger partial charge in [-0.15, -0.1) is 0 Å². The summed E-state index contributed by atoms with van der Waals surface area (Å²) in [6, 6.07) is 10.6. The lowest BCUT2D eigenvalue weighted by atomic mass is 10.1. The molecule has 0 bridgehead atoms. The standard InChI is InChI=1S/C40H44N8O7/c1-53-39(51)45-33(21-7-8-21)37(49)47-15-3-5-29(47)35-41-19-27(43-35)23-11-13-25-26-14-12-24(18-32(26)55-31(25)17-23)28-20-42-36(44-28)30-6-4-16-48(30)38(50)34(22-9-10-22)46-40(52)54-2/h11-14,17-22,29-30,33-34H,3-10,15-16H2,1-2H3,(H,41,43)(H,42,44)(H,45,51)(H,46,52)/t29-,30-,33-,34-/m0/s1. The summed E-state index contributed by atoms with van der Waals surface area (Å²) in [6.07, 6.45) is 9.28. The highest BCUT2D eigenvalue weighted by Crippen LogP contribution is 2.40. The Hall–Kier alpha value is -5.86. The van der Waals surface area contributed by atoms with Crippen molar-refractivity contribution in [3.63, 3.8) is 0 Å². The summed E-state index contributed by atoms with van der Waals surface area (Å²) in [5.74, 6) is 1.51. The van der Waals surface area contributed by atoms with Crippen molar-refractivity contribution in [3.05, 3.63) is 60.4 Å². The normalized spacial score (nSPS) is 20.8. The summed E-state index contributed by atoms with van der Waals surface area (Å²) in [7, 11) is 2.61. The highest BCUT2D eigenvalue weighted by atomic mass is 16.5. The Kier molecular flexibility index (Phi) is 8.93. The van der Waals surface area contributed by atoms with E-state index >= 15 is 0 Å². The Labute approximate surface area is 316 Å². The summed E-state index contributed by atoms with van der Waals surface area (Å²) in [4.78, 5) is 71.3. The molecule has 0 radical (unpaired) electrons. The average molecular weight is 749 g/mol. The highest BCUT2D eigenvalue weighted by Gasteiger charge is 2.44. The minimum atomic E-state index is -0.593. The van der Waals surface area contributed by atoms with Crippen LogP contribution in [0.25, 0.3) is 44.5 Å². The van der Waals surface area contributed by atoms with E-state index in [2.05, 4.69) is 20.6 Å². The molecule has 15 heteroatoms. The van der Waals surface area contributed by atoms with Crippen LogP contribution in [0.3, 0.4) is 0 Å². The third-order valence-corrected chi connectivity index (χ3v) is 11.6. The Bertz CT molecular complexity index is 2130. The fourth-order valence-electron chi connectivity index (χ4n) is 8.40. The van der Waals surface area contributed by atoms with E-state index in [1.54, 1.807) is 12.4 Å². The first kappa shape index (κ1) is 34.9. The van der Waals surface area contributed by atoms with Crippen LogP contribution in [-0.2, 0) is 19.1 Å². The van der Waals surface area contributed by atoms with Crippen LogP contribution in [0.1, 0.15) is 75.1 Å². The second-order valence-corrected chi connectivity index (χ2v) is 15.2. The molecular formula is C40H44N8O7. The van der Waals surface area contributed by atoms with E-state index in [9.17, 15) is 19.2 Å². The maximum Gasteiger partial charge on any atom is 0.407 e. The van der Waals surface area contributed by atoms with Crippen LogP contribution >= 0.6 is 0 Å². The molecule has 0 spiro atoms. The van der Waals surface area contributed by atoms with Crippen LogP contribution in [0, 0.1) is 11.8 Å². The van der Waals surface area contributed by atoms with Crippen LogP contribution in [0.4, 0.5) is 9.59 Å². The van der Waals surface area contributed by atoms with Crippen molar-refractivity contribution in [2.24, 2.45) is 11.8 Å². The van der Waals surface area contributed by atoms with Gasteiger partial charge in [-0.05, 0) is 87.5 Å². The number of rotatable bonds is 10. The number of methoxy groups -OCH3 is 2. The lowest BCUT2D eigenvalue weighted by molar-refractivity contribution is -0.135. The fourth-order valence-corrected chi connectivity index (χ4v) is 8.40. The van der Waals surface area contributed by atoms with Gasteiger partial charge in [0.2, 0.25) is 11.8 Å². The first-order valence-electron chi connectivity index (χ1n) is 19.2. The number of H-pyrrole nitrogens is 2. The van der Waals surface area contributed by atoms with Gasteiger partial charge in [-0.2, -0.15) is 0 Å². The van der Waals surface area contributed by atoms with E-state index in [1.165, 1.54) is 14.2 Å². The van der Waals surface area contributed by atoms with Gasteiger partial charge in [0.25, 0.3) is 0 Å². The number of furan rings is 1. The number of amides is 4. The molecule has 55 heavy (non-hydrogen) atoms. The van der Waals surface area contributed by atoms with Crippen molar-refractivity contribution in [2.75, 3.05) is 27.3 Å². The lowest BCUT2D eigenvalue weighted by Crippen LogP contribution is -2.49. The van der Waals surface area contributed by atoms with Crippen LogP contribution < -0.4 is 10.6 Å². The Morgan fingerprint density at radius 1 is 0.691 bits per heavy atom. The summed E-state index contributed by atoms with van der Waals surface area (Å²) < 4.78 is 16.0. The van der Waals surface area contributed by atoms with Crippen molar-refractivity contribution in [2.45, 2.75) is 75.5 Å². The molecule has 4 aliphatic rings. The van der Waals surface area contributed by atoms with Crippen LogP contribution in [0.15, 0.2) is 53.2 Å². The molecule has 4 N–H and O–H groups in total. The van der Waals surface area contributed by atoms with Gasteiger partial charge in [0.05, 0.1) is 50.1 Å². The van der Waals surface area contributed by atoms with E-state index in [0.717, 1.165) is 95.8 Å². The van der Waals surface area contributed by atoms with Crippen molar-refractivity contribution in [1.29, 1.82) is 0 Å². The zero-order valence-electron chi connectivity index (χ0n) is 30.8. The van der Waals surface area contributed by atoms with Gasteiger partial charge in [0.1, 0.15) is 34.9 Å². The average Bonchev–Trinajstić information content (AvgIpc) is 3.82. The molecule has 0 unspecified atom stereocenters. The molecule has 2 aromatic carbocycles. The number of aromatic amines is 2. The molecular weight excluding hydrogens is 704 g/mol. The summed E-state index contributed by atoms with van der Waals surface area (Å²) in [5, 5.41) is 7.48. The number of carbonyl (C=O) groups excluding carboxylic acids is 4. The zero-order valence-corrected chi connectivity index (χ0v) is 30.8. The molecule has 9 rings (SSSR count). The van der Waals surface area contributed by atoms with Crippen LogP contribution in [-0.4, -0.2) is 93.1 Å². The molecule has 15 nitrogen and oxygen atoms in total. The van der Waals surface area contributed by atoms with Gasteiger partial charge < -0.3 is 44.3 Å². The van der Waals surface area contributed by atoms with E-state index in [-0.39, 0.29) is 35.7 Å². The van der Waals surface area contributed by atoms with E-state index in [0.29, 0.717) is 24.7 Å². The van der Waals surface area contributed by atoms with Crippen molar-refractivity contribution < 1.29 is 33.1 Å². The monoisotopic (exact) mass is 748 g/mol. The Balaban J connectivity index is 0.919. The molecule has 4 amide bonds. The Morgan fingerprint density at radius 2 is 1.13 bits per heavy atom. The molecule has 2 aliphatic carbocycles. The summed E-state index contributed by atoms with van der Waals surface area (Å²) in [6.45, 7) is 1.21. The van der Waals surface area contributed by atoms with E-state index < -0.39 is 24.3 Å². The fraction of sp³-hybridized carbons (Fsp3) is 0.450. The van der Waals surface area contributed by atoms with E-state index in [4.69, 9.17) is 23.9 Å². The molecule has 4 atom stereocenters. The number of hydrogen-bond donors (Lipinski definition) is 4. The number of ether oxygens (including phenoxy) is 2. The molecule has 286 valence electrons. The van der Waals surface area contributed by atoms with E-state index in [1.807, 2.05) is 46.2 Å². The van der Waals surface area contributed by atoms with Gasteiger partial charge >= 0.3 is 12.2 Å². The first-order valence-corrected chi connectivity index (χ1v) is 19.2. The number of benzene rings is 2. The largest absolute Gasteiger partial charge is 0.456 e. The van der Waals surface area contributed by atoms with Gasteiger partial charge in [0.15, 0.2) is 0 Å². The predicted molar refractivity (Wildman–Crippen MR) is 200 cm³/mol. The number of nitrogens with zero attached hydrogens (tertiary/aromatic N) is 4. The number of fused-ring (bicyclic) bond motifs is 3. The minimum Gasteiger partial charge on any atom is -0.456 e. The molecule has 5 aromatic rings. The highest BCUT2D eigenvalue weighted by molar-refractivity contribution is 6.06. The summed E-state index contributed by atoms with van der Waals surface area (Å²) >= 11 is 0. The third kappa shape index (κ3) is 6.65.